The number of hydrazone groups is 1. The van der Waals surface area contributed by atoms with Gasteiger partial charge in [-0.15, -0.1) is 0 Å². The third kappa shape index (κ3) is 2.60. The molecule has 0 radical (unpaired) electrons. The summed E-state index contributed by atoms with van der Waals surface area (Å²) in [5.74, 6) is 1.62. The van der Waals surface area contributed by atoms with Gasteiger partial charge in [0.25, 0.3) is 0 Å². The minimum atomic E-state index is 0.792. The molecule has 0 fully saturated rings. The summed E-state index contributed by atoms with van der Waals surface area (Å²) >= 11 is 0. The molecular formula is C13H12N2O. The Morgan fingerprint density at radius 1 is 0.875 bits per heavy atom. The monoisotopic (exact) mass is 212 g/mol. The molecule has 80 valence electrons. The Morgan fingerprint density at radius 3 is 2.12 bits per heavy atom. The van der Waals surface area contributed by atoms with Crippen molar-refractivity contribution in [3.63, 3.8) is 0 Å². The van der Waals surface area contributed by atoms with E-state index >= 15 is 0 Å². The molecule has 0 saturated carbocycles. The zero-order valence-electron chi connectivity index (χ0n) is 8.76. The van der Waals surface area contributed by atoms with Gasteiger partial charge in [0.1, 0.15) is 11.5 Å². The highest BCUT2D eigenvalue weighted by Gasteiger charge is 1.96. The second kappa shape index (κ2) is 4.98. The van der Waals surface area contributed by atoms with E-state index < -0.39 is 0 Å². The maximum Gasteiger partial charge on any atom is 0.127 e. The van der Waals surface area contributed by atoms with Gasteiger partial charge in [-0.25, -0.2) is 0 Å². The summed E-state index contributed by atoms with van der Waals surface area (Å²) in [5, 5.41) is 3.58. The predicted octanol–water partition coefficient (Wildman–Crippen LogP) is 3.51. The highest BCUT2D eigenvalue weighted by atomic mass is 16.5. The Morgan fingerprint density at radius 2 is 1.50 bits per heavy atom. The summed E-state index contributed by atoms with van der Waals surface area (Å²) in [5.41, 5.74) is 3.64. The van der Waals surface area contributed by atoms with Gasteiger partial charge in [-0.1, -0.05) is 18.2 Å². The first-order valence-electron chi connectivity index (χ1n) is 4.93. The van der Waals surface area contributed by atoms with Crippen LogP contribution >= 0.6 is 0 Å². The Kier molecular flexibility index (Phi) is 3.18. The molecule has 0 amide bonds. The second-order valence-corrected chi connectivity index (χ2v) is 3.21. The van der Waals surface area contributed by atoms with E-state index in [0.29, 0.717) is 0 Å². The van der Waals surface area contributed by atoms with Crippen molar-refractivity contribution in [2.75, 3.05) is 5.43 Å². The van der Waals surface area contributed by atoms with Gasteiger partial charge < -0.3 is 4.74 Å². The van der Waals surface area contributed by atoms with Crippen molar-refractivity contribution >= 4 is 12.4 Å². The molecule has 2 aromatic carbocycles. The topological polar surface area (TPSA) is 33.6 Å². The largest absolute Gasteiger partial charge is 0.457 e. The van der Waals surface area contributed by atoms with Gasteiger partial charge in [-0.2, -0.15) is 5.10 Å². The molecule has 0 unspecified atom stereocenters. The standard InChI is InChI=1S/C13H12N2O/c1-14-15-11-7-9-13(10-8-11)16-12-5-3-2-4-6-12/h2-10,15H,1H2. The minimum Gasteiger partial charge on any atom is -0.457 e. The highest BCUT2D eigenvalue weighted by Crippen LogP contribution is 2.22. The van der Waals surface area contributed by atoms with Gasteiger partial charge in [0.05, 0.1) is 5.69 Å². The van der Waals surface area contributed by atoms with Crippen LogP contribution < -0.4 is 10.2 Å². The number of anilines is 1. The fourth-order valence-electron chi connectivity index (χ4n) is 1.31. The molecule has 0 saturated heterocycles. The molecule has 0 aliphatic carbocycles. The van der Waals surface area contributed by atoms with E-state index in [1.165, 1.54) is 0 Å². The molecule has 0 heterocycles. The van der Waals surface area contributed by atoms with Crippen LogP contribution in [0.4, 0.5) is 5.69 Å². The molecule has 2 aromatic rings. The summed E-state index contributed by atoms with van der Waals surface area (Å²) in [7, 11) is 0. The SMILES string of the molecule is C=NNc1ccc(Oc2ccccc2)cc1. The lowest BCUT2D eigenvalue weighted by molar-refractivity contribution is 0.483. The molecular weight excluding hydrogens is 200 g/mol. The van der Waals surface area contributed by atoms with Crippen LogP contribution in [0.3, 0.4) is 0 Å². The van der Waals surface area contributed by atoms with E-state index in [0.717, 1.165) is 17.2 Å². The van der Waals surface area contributed by atoms with Crippen molar-refractivity contribution in [3.05, 3.63) is 54.6 Å². The van der Waals surface area contributed by atoms with Crippen LogP contribution in [0.2, 0.25) is 0 Å². The first-order valence-corrected chi connectivity index (χ1v) is 4.93. The van der Waals surface area contributed by atoms with Crippen molar-refractivity contribution in [3.8, 4) is 11.5 Å². The van der Waals surface area contributed by atoms with E-state index in [4.69, 9.17) is 4.74 Å². The maximum absolute atomic E-state index is 5.64. The average molecular weight is 212 g/mol. The Bertz CT molecular complexity index is 451. The molecule has 0 spiro atoms. The van der Waals surface area contributed by atoms with Gasteiger partial charge in [-0.05, 0) is 36.4 Å². The summed E-state index contributed by atoms with van der Waals surface area (Å²) in [6, 6.07) is 17.2. The lowest BCUT2D eigenvalue weighted by Gasteiger charge is -2.06. The normalized spacial score (nSPS) is 9.50. The molecule has 0 bridgehead atoms. The van der Waals surface area contributed by atoms with Crippen LogP contribution in [0.25, 0.3) is 0 Å². The molecule has 16 heavy (non-hydrogen) atoms. The quantitative estimate of drug-likeness (QED) is 0.621. The van der Waals surface area contributed by atoms with Gasteiger partial charge in [-0.3, -0.25) is 5.43 Å². The average Bonchev–Trinajstić information content (AvgIpc) is 2.33. The van der Waals surface area contributed by atoms with Gasteiger partial charge >= 0.3 is 0 Å². The second-order valence-electron chi connectivity index (χ2n) is 3.21. The van der Waals surface area contributed by atoms with E-state index in [1.807, 2.05) is 54.6 Å². The smallest absolute Gasteiger partial charge is 0.127 e. The van der Waals surface area contributed by atoms with E-state index in [-0.39, 0.29) is 0 Å². The molecule has 0 atom stereocenters. The Hall–Kier alpha value is -2.29. The van der Waals surface area contributed by atoms with Crippen molar-refractivity contribution in [2.24, 2.45) is 5.10 Å². The number of rotatable bonds is 4. The van der Waals surface area contributed by atoms with E-state index in [9.17, 15) is 0 Å². The van der Waals surface area contributed by atoms with Crippen LogP contribution in [0.15, 0.2) is 59.7 Å². The molecule has 0 aromatic heterocycles. The van der Waals surface area contributed by atoms with Gasteiger partial charge in [0, 0.05) is 6.72 Å². The fraction of sp³-hybridized carbons (Fsp3) is 0. The van der Waals surface area contributed by atoms with E-state index in [1.54, 1.807) is 0 Å². The third-order valence-corrected chi connectivity index (χ3v) is 2.04. The number of nitrogens with one attached hydrogen (secondary N) is 1. The third-order valence-electron chi connectivity index (χ3n) is 2.04. The molecule has 2 rings (SSSR count). The molecule has 0 aliphatic heterocycles. The van der Waals surface area contributed by atoms with Gasteiger partial charge in [0.2, 0.25) is 0 Å². The zero-order valence-corrected chi connectivity index (χ0v) is 8.76. The number of hydrogen-bond acceptors (Lipinski definition) is 3. The Labute approximate surface area is 94.4 Å². The molecule has 3 nitrogen and oxygen atoms in total. The first-order chi connectivity index (χ1) is 7.88. The number of para-hydroxylation sites is 1. The Balaban J connectivity index is 2.08. The lowest BCUT2D eigenvalue weighted by atomic mass is 10.3. The summed E-state index contributed by atoms with van der Waals surface area (Å²) in [6.07, 6.45) is 0. The molecule has 1 N–H and O–H groups in total. The van der Waals surface area contributed by atoms with Crippen molar-refractivity contribution in [1.82, 2.24) is 0 Å². The molecule has 0 aliphatic rings. The summed E-state index contributed by atoms with van der Waals surface area (Å²) < 4.78 is 5.64. The predicted molar refractivity (Wildman–Crippen MR) is 66.1 cm³/mol. The van der Waals surface area contributed by atoms with E-state index in [2.05, 4.69) is 17.2 Å². The molecule has 3 heteroatoms. The van der Waals surface area contributed by atoms with Crippen LogP contribution in [-0.4, -0.2) is 6.72 Å². The van der Waals surface area contributed by atoms with Crippen LogP contribution in [0, 0.1) is 0 Å². The fourth-order valence-corrected chi connectivity index (χ4v) is 1.31. The highest BCUT2D eigenvalue weighted by molar-refractivity contribution is 5.47. The van der Waals surface area contributed by atoms with Crippen molar-refractivity contribution in [2.45, 2.75) is 0 Å². The zero-order chi connectivity index (χ0) is 11.2. The van der Waals surface area contributed by atoms with Crippen LogP contribution in [0.1, 0.15) is 0 Å². The number of benzene rings is 2. The minimum absolute atomic E-state index is 0.792. The maximum atomic E-state index is 5.64. The first kappa shape index (κ1) is 10.2. The van der Waals surface area contributed by atoms with Crippen molar-refractivity contribution in [1.29, 1.82) is 0 Å². The van der Waals surface area contributed by atoms with Crippen LogP contribution in [-0.2, 0) is 0 Å². The number of ether oxygens (including phenoxy) is 1. The number of nitrogens with zero attached hydrogens (tertiary/aromatic N) is 1. The number of hydrogen-bond donors (Lipinski definition) is 1. The summed E-state index contributed by atoms with van der Waals surface area (Å²) in [4.78, 5) is 0. The van der Waals surface area contributed by atoms with Crippen molar-refractivity contribution < 1.29 is 4.74 Å². The van der Waals surface area contributed by atoms with Crippen LogP contribution in [0.5, 0.6) is 11.5 Å². The summed E-state index contributed by atoms with van der Waals surface area (Å²) in [6.45, 7) is 3.35. The van der Waals surface area contributed by atoms with Gasteiger partial charge in [0.15, 0.2) is 0 Å². The lowest BCUT2D eigenvalue weighted by Crippen LogP contribution is -1.87.